The molecule has 0 aliphatic carbocycles. The van der Waals surface area contributed by atoms with Crippen LogP contribution in [0.3, 0.4) is 0 Å². The number of halogens is 2. The van der Waals surface area contributed by atoms with Gasteiger partial charge in [0.2, 0.25) is 5.91 Å². The van der Waals surface area contributed by atoms with Crippen LogP contribution in [0.15, 0.2) is 12.1 Å². The Kier molecular flexibility index (Phi) is 5.84. The number of likely N-dealkylation sites (N-methyl/N-ethyl adjacent to an activating group) is 1. The second kappa shape index (κ2) is 6.93. The minimum atomic E-state index is -0.326. The van der Waals surface area contributed by atoms with Crippen molar-refractivity contribution >= 4 is 39.9 Å². The van der Waals surface area contributed by atoms with Crippen molar-refractivity contribution in [1.82, 2.24) is 5.32 Å². The highest BCUT2D eigenvalue weighted by atomic mass is 127. The Morgan fingerprint density at radius 2 is 2.16 bits per heavy atom. The molecule has 0 bridgehead atoms. The van der Waals surface area contributed by atoms with Crippen LogP contribution in [0.4, 0.5) is 15.8 Å². The van der Waals surface area contributed by atoms with Gasteiger partial charge in [0.1, 0.15) is 5.82 Å². The van der Waals surface area contributed by atoms with Crippen LogP contribution in [0.25, 0.3) is 0 Å². The van der Waals surface area contributed by atoms with Crippen molar-refractivity contribution in [2.45, 2.75) is 26.8 Å². The summed E-state index contributed by atoms with van der Waals surface area (Å²) in [5.74, 6) is -0.428. The maximum Gasteiger partial charge on any atom is 0.239 e. The molecule has 1 aromatic rings. The number of nitrogen functional groups attached to an aromatic ring is 1. The molecule has 0 atom stereocenters. The Morgan fingerprint density at radius 1 is 1.53 bits per heavy atom. The van der Waals surface area contributed by atoms with Crippen LogP contribution in [0, 0.1) is 9.39 Å². The van der Waals surface area contributed by atoms with Crippen molar-refractivity contribution < 1.29 is 9.18 Å². The van der Waals surface area contributed by atoms with E-state index < -0.39 is 0 Å². The quantitative estimate of drug-likeness (QED) is 0.610. The van der Waals surface area contributed by atoms with Gasteiger partial charge >= 0.3 is 0 Å². The van der Waals surface area contributed by atoms with Gasteiger partial charge in [-0.25, -0.2) is 4.39 Å². The molecule has 0 spiro atoms. The van der Waals surface area contributed by atoms with Crippen LogP contribution in [0.5, 0.6) is 0 Å². The van der Waals surface area contributed by atoms with Crippen molar-refractivity contribution in [2.75, 3.05) is 23.7 Å². The van der Waals surface area contributed by atoms with Gasteiger partial charge in [0.25, 0.3) is 0 Å². The molecule has 0 unspecified atom stereocenters. The lowest BCUT2D eigenvalue weighted by molar-refractivity contribution is -0.120. The maximum absolute atomic E-state index is 13.6. The molecule has 0 saturated heterocycles. The lowest BCUT2D eigenvalue weighted by atomic mass is 10.2. The molecule has 1 rings (SSSR count). The van der Waals surface area contributed by atoms with Crippen LogP contribution in [0.2, 0.25) is 0 Å². The van der Waals surface area contributed by atoms with Crippen molar-refractivity contribution in [3.05, 3.63) is 21.5 Å². The second-order valence-electron chi connectivity index (χ2n) is 4.56. The fourth-order valence-corrected chi connectivity index (χ4v) is 2.23. The molecule has 0 aliphatic rings. The third-order valence-corrected chi connectivity index (χ3v) is 3.40. The average Bonchev–Trinajstić information content (AvgIpc) is 2.30. The standard InChI is InChI=1S/C13H19FIN3O/c1-4-18(7-13(19)17-8(2)3)12-5-9(14)10(15)6-11(12)16/h5-6,8H,4,7,16H2,1-3H3,(H,17,19). The zero-order valence-corrected chi connectivity index (χ0v) is 13.5. The molecule has 0 fully saturated rings. The lowest BCUT2D eigenvalue weighted by Gasteiger charge is -2.24. The molecule has 19 heavy (non-hydrogen) atoms. The van der Waals surface area contributed by atoms with Crippen LogP contribution in [0.1, 0.15) is 20.8 Å². The zero-order valence-electron chi connectivity index (χ0n) is 11.3. The Morgan fingerprint density at radius 3 is 2.68 bits per heavy atom. The summed E-state index contributed by atoms with van der Waals surface area (Å²) in [5, 5.41) is 2.81. The molecule has 0 radical (unpaired) electrons. The molecule has 6 heteroatoms. The fourth-order valence-electron chi connectivity index (χ4n) is 1.73. The van der Waals surface area contributed by atoms with Crippen molar-refractivity contribution in [3.63, 3.8) is 0 Å². The smallest absolute Gasteiger partial charge is 0.239 e. The van der Waals surface area contributed by atoms with Crippen molar-refractivity contribution in [1.29, 1.82) is 0 Å². The van der Waals surface area contributed by atoms with E-state index in [2.05, 4.69) is 5.32 Å². The van der Waals surface area contributed by atoms with Crippen LogP contribution >= 0.6 is 22.6 Å². The number of hydrogen-bond acceptors (Lipinski definition) is 3. The average molecular weight is 379 g/mol. The van der Waals surface area contributed by atoms with Gasteiger partial charge in [0.15, 0.2) is 0 Å². The molecule has 4 nitrogen and oxygen atoms in total. The summed E-state index contributed by atoms with van der Waals surface area (Å²) < 4.78 is 14.1. The summed E-state index contributed by atoms with van der Waals surface area (Å²) in [6, 6.07) is 3.04. The Labute approximate surface area is 126 Å². The predicted molar refractivity (Wildman–Crippen MR) is 84.7 cm³/mol. The zero-order chi connectivity index (χ0) is 14.6. The molecule has 3 N–H and O–H groups in total. The third-order valence-electron chi connectivity index (χ3n) is 2.58. The molecule has 0 aliphatic heterocycles. The number of carbonyl (C=O) groups is 1. The largest absolute Gasteiger partial charge is 0.397 e. The van der Waals surface area contributed by atoms with E-state index in [0.717, 1.165) is 0 Å². The van der Waals surface area contributed by atoms with E-state index >= 15 is 0 Å². The summed E-state index contributed by atoms with van der Waals surface area (Å²) in [5.41, 5.74) is 6.93. The first-order chi connectivity index (χ1) is 8.85. The van der Waals surface area contributed by atoms with Gasteiger partial charge in [-0.15, -0.1) is 0 Å². The van der Waals surface area contributed by atoms with E-state index in [9.17, 15) is 9.18 Å². The Hall–Kier alpha value is -1.05. The number of amides is 1. The first-order valence-corrected chi connectivity index (χ1v) is 7.21. The van der Waals surface area contributed by atoms with E-state index in [-0.39, 0.29) is 24.3 Å². The van der Waals surface area contributed by atoms with E-state index in [4.69, 9.17) is 5.73 Å². The first-order valence-electron chi connectivity index (χ1n) is 6.14. The number of benzene rings is 1. The highest BCUT2D eigenvalue weighted by Gasteiger charge is 2.15. The Balaban J connectivity index is 2.91. The molecule has 0 saturated carbocycles. The monoisotopic (exact) mass is 379 g/mol. The highest BCUT2D eigenvalue weighted by molar-refractivity contribution is 14.1. The summed E-state index contributed by atoms with van der Waals surface area (Å²) in [4.78, 5) is 13.5. The van der Waals surface area contributed by atoms with Gasteiger partial charge in [-0.1, -0.05) is 0 Å². The Bertz CT molecular complexity index is 465. The van der Waals surface area contributed by atoms with E-state index in [1.54, 1.807) is 11.0 Å². The second-order valence-corrected chi connectivity index (χ2v) is 5.72. The first kappa shape index (κ1) is 16.0. The number of nitrogens with zero attached hydrogens (tertiary/aromatic N) is 1. The maximum atomic E-state index is 13.6. The minimum Gasteiger partial charge on any atom is -0.397 e. The van der Waals surface area contributed by atoms with Gasteiger partial charge in [0, 0.05) is 18.7 Å². The number of hydrogen-bond donors (Lipinski definition) is 2. The van der Waals surface area contributed by atoms with Crippen molar-refractivity contribution in [3.8, 4) is 0 Å². The van der Waals surface area contributed by atoms with Crippen LogP contribution in [-0.2, 0) is 4.79 Å². The van der Waals surface area contributed by atoms with E-state index in [1.807, 2.05) is 43.4 Å². The van der Waals surface area contributed by atoms with E-state index in [1.165, 1.54) is 6.07 Å². The topological polar surface area (TPSA) is 58.4 Å². The van der Waals surface area contributed by atoms with Gasteiger partial charge < -0.3 is 16.0 Å². The SMILES string of the molecule is CCN(CC(=O)NC(C)C)c1cc(F)c(I)cc1N. The molecule has 1 aromatic carbocycles. The summed E-state index contributed by atoms with van der Waals surface area (Å²) in [6.45, 7) is 6.44. The molecular formula is C13H19FIN3O. The number of nitrogens with two attached hydrogens (primary N) is 1. The highest BCUT2D eigenvalue weighted by Crippen LogP contribution is 2.27. The minimum absolute atomic E-state index is 0.0806. The summed E-state index contributed by atoms with van der Waals surface area (Å²) in [6.07, 6.45) is 0. The summed E-state index contributed by atoms with van der Waals surface area (Å²) in [7, 11) is 0. The van der Waals surface area contributed by atoms with Gasteiger partial charge in [-0.2, -0.15) is 0 Å². The summed E-state index contributed by atoms with van der Waals surface area (Å²) >= 11 is 1.89. The van der Waals surface area contributed by atoms with Gasteiger partial charge in [-0.3, -0.25) is 4.79 Å². The lowest BCUT2D eigenvalue weighted by Crippen LogP contribution is -2.40. The molecule has 0 aromatic heterocycles. The third kappa shape index (κ3) is 4.52. The molecule has 1 amide bonds. The molecule has 0 heterocycles. The van der Waals surface area contributed by atoms with Crippen LogP contribution in [-0.4, -0.2) is 25.0 Å². The van der Waals surface area contributed by atoms with Crippen LogP contribution < -0.4 is 16.0 Å². The number of rotatable bonds is 5. The normalized spacial score (nSPS) is 10.6. The number of anilines is 2. The fraction of sp³-hybridized carbons (Fsp3) is 0.462. The number of nitrogens with one attached hydrogen (secondary N) is 1. The van der Waals surface area contributed by atoms with E-state index in [0.29, 0.717) is 21.5 Å². The molecule has 106 valence electrons. The van der Waals surface area contributed by atoms with Gasteiger partial charge in [-0.05, 0) is 49.4 Å². The molecular weight excluding hydrogens is 360 g/mol. The van der Waals surface area contributed by atoms with Crippen molar-refractivity contribution in [2.24, 2.45) is 0 Å². The number of carbonyl (C=O) groups excluding carboxylic acids is 1. The predicted octanol–water partition coefficient (Wildman–Crippen LogP) is 2.36. The van der Waals surface area contributed by atoms with Gasteiger partial charge in [0.05, 0.1) is 21.5 Å².